The quantitative estimate of drug-likeness (QED) is 0.437. The third-order valence-corrected chi connectivity index (χ3v) is 2.49. The predicted octanol–water partition coefficient (Wildman–Crippen LogP) is 2.92. The lowest BCUT2D eigenvalue weighted by atomic mass is 10.4. The molecule has 5 nitrogen and oxygen atoms in total. The Morgan fingerprint density at radius 1 is 1.29 bits per heavy atom. The van der Waals surface area contributed by atoms with Crippen molar-refractivity contribution < 1.29 is 17.6 Å². The molecule has 122 valence electrons. The third-order valence-electron chi connectivity index (χ3n) is 2.49. The van der Waals surface area contributed by atoms with E-state index in [2.05, 4.69) is 20.6 Å². The molecular weight excluding hydrogens is 400 g/mol. The van der Waals surface area contributed by atoms with Gasteiger partial charge in [0.25, 0.3) is 0 Å². The van der Waals surface area contributed by atoms with Gasteiger partial charge >= 0.3 is 6.18 Å². The van der Waals surface area contributed by atoms with Crippen LogP contribution in [0.4, 0.5) is 13.2 Å². The second kappa shape index (κ2) is 9.11. The Bertz CT molecular complexity index is 440. The minimum absolute atomic E-state index is 0. The van der Waals surface area contributed by atoms with E-state index >= 15 is 0 Å². The summed E-state index contributed by atoms with van der Waals surface area (Å²) in [6, 6.07) is 0. The van der Waals surface area contributed by atoms with Crippen molar-refractivity contribution in [2.24, 2.45) is 4.99 Å². The van der Waals surface area contributed by atoms with E-state index in [9.17, 15) is 13.2 Å². The number of hydrogen-bond donors (Lipinski definition) is 2. The van der Waals surface area contributed by atoms with E-state index < -0.39 is 12.6 Å². The van der Waals surface area contributed by atoms with Crippen LogP contribution in [0.15, 0.2) is 9.41 Å². The van der Waals surface area contributed by atoms with E-state index in [1.54, 1.807) is 6.92 Å². The second-order valence-electron chi connectivity index (χ2n) is 4.24. The van der Waals surface area contributed by atoms with Crippen LogP contribution in [0.1, 0.15) is 30.7 Å². The summed E-state index contributed by atoms with van der Waals surface area (Å²) in [7, 11) is 0. The number of aryl methyl sites for hydroxylation is 2. The summed E-state index contributed by atoms with van der Waals surface area (Å²) in [6.07, 6.45) is -5.09. The largest absolute Gasteiger partial charge is 0.444 e. The smallest absolute Gasteiger partial charge is 0.390 e. The van der Waals surface area contributed by atoms with Crippen LogP contribution in [-0.4, -0.2) is 30.2 Å². The molecule has 0 saturated carbocycles. The molecule has 0 bridgehead atoms. The van der Waals surface area contributed by atoms with Gasteiger partial charge in [0.15, 0.2) is 5.96 Å². The van der Waals surface area contributed by atoms with Crippen LogP contribution in [0.2, 0.25) is 0 Å². The number of nitrogens with zero attached hydrogens (tertiary/aromatic N) is 2. The van der Waals surface area contributed by atoms with Gasteiger partial charge < -0.3 is 15.1 Å². The van der Waals surface area contributed by atoms with Crippen molar-refractivity contribution in [3.8, 4) is 0 Å². The molecule has 0 aromatic carbocycles. The zero-order chi connectivity index (χ0) is 15.2. The SMILES string of the molecule is CCNC(=NCc1nc(C)c(C)o1)NCCC(F)(F)F.I. The number of guanidine groups is 1. The first kappa shape index (κ1) is 20.0. The lowest BCUT2D eigenvalue weighted by Gasteiger charge is -2.11. The first-order valence-corrected chi connectivity index (χ1v) is 6.33. The van der Waals surface area contributed by atoms with Gasteiger partial charge in [0.05, 0.1) is 12.1 Å². The average Bonchev–Trinajstić information content (AvgIpc) is 2.64. The fourth-order valence-corrected chi connectivity index (χ4v) is 1.42. The van der Waals surface area contributed by atoms with Crippen molar-refractivity contribution in [2.75, 3.05) is 13.1 Å². The minimum atomic E-state index is -4.18. The Hall–Kier alpha value is -1.00. The number of hydrogen-bond acceptors (Lipinski definition) is 3. The highest BCUT2D eigenvalue weighted by Gasteiger charge is 2.26. The number of aromatic nitrogens is 1. The fraction of sp³-hybridized carbons (Fsp3) is 0.667. The fourth-order valence-electron chi connectivity index (χ4n) is 1.42. The van der Waals surface area contributed by atoms with Crippen molar-refractivity contribution >= 4 is 29.9 Å². The van der Waals surface area contributed by atoms with Gasteiger partial charge in [-0.25, -0.2) is 9.98 Å². The Labute approximate surface area is 138 Å². The van der Waals surface area contributed by atoms with Crippen LogP contribution >= 0.6 is 24.0 Å². The monoisotopic (exact) mass is 420 g/mol. The van der Waals surface area contributed by atoms with Gasteiger partial charge in [0, 0.05) is 13.1 Å². The molecule has 2 N–H and O–H groups in total. The number of halogens is 4. The van der Waals surface area contributed by atoms with Crippen molar-refractivity contribution in [3.63, 3.8) is 0 Å². The summed E-state index contributed by atoms with van der Waals surface area (Å²) in [6.45, 7) is 5.96. The van der Waals surface area contributed by atoms with Crippen molar-refractivity contribution in [2.45, 2.75) is 39.9 Å². The molecule has 1 rings (SSSR count). The summed E-state index contributed by atoms with van der Waals surface area (Å²) in [5, 5.41) is 5.48. The van der Waals surface area contributed by atoms with E-state index in [0.717, 1.165) is 5.69 Å². The zero-order valence-corrected chi connectivity index (χ0v) is 14.5. The maximum atomic E-state index is 12.1. The molecule has 0 spiro atoms. The number of rotatable bonds is 5. The van der Waals surface area contributed by atoms with Crippen LogP contribution in [0.5, 0.6) is 0 Å². The summed E-state index contributed by atoms with van der Waals surface area (Å²) in [5.41, 5.74) is 0.783. The lowest BCUT2D eigenvalue weighted by molar-refractivity contribution is -0.132. The predicted molar refractivity (Wildman–Crippen MR) is 84.9 cm³/mol. The molecule has 9 heteroatoms. The van der Waals surface area contributed by atoms with Crippen molar-refractivity contribution in [3.05, 3.63) is 17.3 Å². The molecule has 0 amide bonds. The Kier molecular flexibility index (Phi) is 8.67. The average molecular weight is 420 g/mol. The van der Waals surface area contributed by atoms with E-state index in [1.165, 1.54) is 0 Å². The molecule has 0 aliphatic carbocycles. The highest BCUT2D eigenvalue weighted by Crippen LogP contribution is 2.18. The maximum absolute atomic E-state index is 12.1. The molecule has 0 fully saturated rings. The van der Waals surface area contributed by atoms with Crippen molar-refractivity contribution in [1.29, 1.82) is 0 Å². The van der Waals surface area contributed by atoms with E-state index in [1.807, 2.05) is 13.8 Å². The Morgan fingerprint density at radius 2 is 1.95 bits per heavy atom. The van der Waals surface area contributed by atoms with Gasteiger partial charge in [0.1, 0.15) is 12.3 Å². The number of aliphatic imine (C=N–C) groups is 1. The number of alkyl halides is 3. The van der Waals surface area contributed by atoms with Gasteiger partial charge in [-0.2, -0.15) is 13.2 Å². The molecule has 0 aliphatic heterocycles. The standard InChI is InChI=1S/C12H19F3N4O.HI/c1-4-16-11(17-6-5-12(13,14)15)18-7-10-19-8(2)9(3)20-10;/h4-7H2,1-3H3,(H2,16,17,18);1H. The second-order valence-corrected chi connectivity index (χ2v) is 4.24. The molecule has 0 atom stereocenters. The van der Waals surface area contributed by atoms with Gasteiger partial charge in [-0.15, -0.1) is 24.0 Å². The van der Waals surface area contributed by atoms with Crippen molar-refractivity contribution in [1.82, 2.24) is 15.6 Å². The molecule has 21 heavy (non-hydrogen) atoms. The number of nitrogens with one attached hydrogen (secondary N) is 2. The molecule has 0 saturated heterocycles. The van der Waals surface area contributed by atoms with Gasteiger partial charge in [-0.05, 0) is 20.8 Å². The molecule has 1 aromatic heterocycles. The normalized spacial score (nSPS) is 12.0. The van der Waals surface area contributed by atoms with E-state index in [0.29, 0.717) is 24.2 Å². The molecule has 1 aromatic rings. The van der Waals surface area contributed by atoms with Crippen LogP contribution < -0.4 is 10.6 Å². The first-order valence-electron chi connectivity index (χ1n) is 6.33. The summed E-state index contributed by atoms with van der Waals surface area (Å²) >= 11 is 0. The zero-order valence-electron chi connectivity index (χ0n) is 12.2. The van der Waals surface area contributed by atoms with Crippen LogP contribution in [0.25, 0.3) is 0 Å². The van der Waals surface area contributed by atoms with Crippen LogP contribution in [0, 0.1) is 13.8 Å². The molecule has 0 aliphatic rings. The topological polar surface area (TPSA) is 62.5 Å². The molecule has 0 radical (unpaired) electrons. The first-order chi connectivity index (χ1) is 9.31. The summed E-state index contributed by atoms with van der Waals surface area (Å²) in [4.78, 5) is 8.28. The lowest BCUT2D eigenvalue weighted by Crippen LogP contribution is -2.38. The van der Waals surface area contributed by atoms with E-state index in [-0.39, 0.29) is 37.1 Å². The highest BCUT2D eigenvalue weighted by atomic mass is 127. The van der Waals surface area contributed by atoms with Gasteiger partial charge in [-0.3, -0.25) is 0 Å². The third kappa shape index (κ3) is 8.12. The van der Waals surface area contributed by atoms with Gasteiger partial charge in [-0.1, -0.05) is 0 Å². The number of oxazole rings is 1. The van der Waals surface area contributed by atoms with Crippen LogP contribution in [0.3, 0.4) is 0 Å². The maximum Gasteiger partial charge on any atom is 0.390 e. The molecular formula is C12H20F3IN4O. The molecule has 0 unspecified atom stereocenters. The Balaban J connectivity index is 0.00000400. The summed E-state index contributed by atoms with van der Waals surface area (Å²) in [5.74, 6) is 1.46. The summed E-state index contributed by atoms with van der Waals surface area (Å²) < 4.78 is 41.5. The van der Waals surface area contributed by atoms with Crippen LogP contribution in [-0.2, 0) is 6.54 Å². The van der Waals surface area contributed by atoms with E-state index in [4.69, 9.17) is 4.42 Å². The highest BCUT2D eigenvalue weighted by molar-refractivity contribution is 14.0. The van der Waals surface area contributed by atoms with Gasteiger partial charge in [0.2, 0.25) is 5.89 Å². The minimum Gasteiger partial charge on any atom is -0.444 e. The molecule has 1 heterocycles. The Morgan fingerprint density at radius 3 is 2.43 bits per heavy atom.